The Kier molecular flexibility index (Phi) is 10.2. The highest BCUT2D eigenvalue weighted by molar-refractivity contribution is 7.89. The first-order valence-corrected chi connectivity index (χ1v) is 16.4. The normalized spacial score (nSPS) is 15.0. The first kappa shape index (κ1) is 30.9. The van der Waals surface area contributed by atoms with E-state index in [9.17, 15) is 13.2 Å². The number of nitrogens with zero attached hydrogens (tertiary/aromatic N) is 4. The fraction of sp³-hybridized carbons (Fsp3) is 0.517. The second-order valence-electron chi connectivity index (χ2n) is 11.1. The molecule has 1 aliphatic rings. The molecule has 0 radical (unpaired) electrons. The van der Waals surface area contributed by atoms with Crippen molar-refractivity contribution < 1.29 is 17.9 Å². The van der Waals surface area contributed by atoms with Gasteiger partial charge in [-0.3, -0.25) is 14.6 Å². The molecular formula is C29H39ClN4O4S2. The van der Waals surface area contributed by atoms with E-state index in [1.54, 1.807) is 33.5 Å². The summed E-state index contributed by atoms with van der Waals surface area (Å²) in [5, 5.41) is 1.22. The highest BCUT2D eigenvalue weighted by Gasteiger charge is 2.28. The van der Waals surface area contributed by atoms with Crippen LogP contribution in [0.2, 0.25) is 5.02 Å². The number of aryl methyl sites for hydroxylation is 1. The smallest absolute Gasteiger partial charge is 0.260 e. The molecule has 0 bridgehead atoms. The molecule has 0 N–H and O–H groups in total. The molecule has 8 nitrogen and oxygen atoms in total. The molecule has 11 heteroatoms. The van der Waals surface area contributed by atoms with Crippen LogP contribution in [0.3, 0.4) is 0 Å². The first-order chi connectivity index (χ1) is 19.0. The van der Waals surface area contributed by atoms with Crippen LogP contribution in [0, 0.1) is 18.8 Å². The number of sulfonamides is 1. The second-order valence-corrected chi connectivity index (χ2v) is 14.5. The number of hydrogen-bond acceptors (Lipinski definition) is 7. The summed E-state index contributed by atoms with van der Waals surface area (Å²) in [6, 6.07) is 10.0. The highest BCUT2D eigenvalue weighted by Crippen LogP contribution is 2.34. The third-order valence-electron chi connectivity index (χ3n) is 6.74. The van der Waals surface area contributed by atoms with E-state index in [4.69, 9.17) is 21.3 Å². The van der Waals surface area contributed by atoms with Crippen LogP contribution < -0.4 is 4.90 Å². The van der Waals surface area contributed by atoms with Crippen LogP contribution >= 0.6 is 22.9 Å². The van der Waals surface area contributed by atoms with Crippen molar-refractivity contribution in [1.29, 1.82) is 0 Å². The number of aromatic nitrogens is 1. The molecule has 0 saturated carbocycles. The van der Waals surface area contributed by atoms with Gasteiger partial charge in [0.1, 0.15) is 0 Å². The molecule has 0 unspecified atom stereocenters. The Bertz CT molecular complexity index is 1410. The predicted octanol–water partition coefficient (Wildman–Crippen LogP) is 5.54. The number of benzene rings is 2. The zero-order valence-corrected chi connectivity index (χ0v) is 26.3. The number of thiazole rings is 1. The van der Waals surface area contributed by atoms with E-state index in [1.165, 1.54) is 11.3 Å². The monoisotopic (exact) mass is 606 g/mol. The minimum Gasteiger partial charge on any atom is -0.379 e. The topological polar surface area (TPSA) is 83.0 Å². The van der Waals surface area contributed by atoms with Gasteiger partial charge in [0.15, 0.2) is 5.13 Å². The van der Waals surface area contributed by atoms with Crippen LogP contribution in [0.25, 0.3) is 10.2 Å². The molecule has 1 aromatic heterocycles. The van der Waals surface area contributed by atoms with Crippen LogP contribution in [0.5, 0.6) is 0 Å². The van der Waals surface area contributed by atoms with Crippen molar-refractivity contribution in [1.82, 2.24) is 14.2 Å². The Hall–Kier alpha value is -2.08. The van der Waals surface area contributed by atoms with E-state index >= 15 is 0 Å². The van der Waals surface area contributed by atoms with Gasteiger partial charge in [0.2, 0.25) is 10.0 Å². The molecule has 4 rings (SSSR count). The van der Waals surface area contributed by atoms with Crippen LogP contribution in [0.15, 0.2) is 41.3 Å². The minimum atomic E-state index is -3.69. The van der Waals surface area contributed by atoms with Gasteiger partial charge in [-0.1, -0.05) is 50.6 Å². The molecule has 2 heterocycles. The summed E-state index contributed by atoms with van der Waals surface area (Å²) >= 11 is 7.72. The van der Waals surface area contributed by atoms with Crippen molar-refractivity contribution in [2.75, 3.05) is 57.4 Å². The number of fused-ring (bicyclic) bond motifs is 1. The Morgan fingerprint density at radius 1 is 1.07 bits per heavy atom. The Labute approximate surface area is 246 Å². The third-order valence-corrected chi connectivity index (χ3v) is 9.82. The number of anilines is 1. The van der Waals surface area contributed by atoms with E-state index < -0.39 is 10.0 Å². The summed E-state index contributed by atoms with van der Waals surface area (Å²) in [6.07, 6.45) is 0. The van der Waals surface area contributed by atoms with E-state index in [-0.39, 0.29) is 22.6 Å². The molecule has 40 heavy (non-hydrogen) atoms. The van der Waals surface area contributed by atoms with Gasteiger partial charge in [-0.05, 0) is 60.7 Å². The number of rotatable bonds is 11. The summed E-state index contributed by atoms with van der Waals surface area (Å²) in [6.45, 7) is 15.0. The molecule has 1 aliphatic heterocycles. The quantitative estimate of drug-likeness (QED) is 0.285. The van der Waals surface area contributed by atoms with Gasteiger partial charge in [0, 0.05) is 49.9 Å². The molecule has 0 aliphatic carbocycles. The first-order valence-electron chi connectivity index (χ1n) is 13.7. The van der Waals surface area contributed by atoms with Crippen molar-refractivity contribution >= 4 is 54.2 Å². The van der Waals surface area contributed by atoms with Crippen LogP contribution in [0.4, 0.5) is 5.13 Å². The van der Waals surface area contributed by atoms with Gasteiger partial charge >= 0.3 is 0 Å². The van der Waals surface area contributed by atoms with Gasteiger partial charge in [0.25, 0.3) is 5.91 Å². The minimum absolute atomic E-state index is 0.190. The third kappa shape index (κ3) is 7.40. The summed E-state index contributed by atoms with van der Waals surface area (Å²) in [4.78, 5) is 22.9. The summed E-state index contributed by atoms with van der Waals surface area (Å²) < 4.78 is 34.9. The Morgan fingerprint density at radius 3 is 2.30 bits per heavy atom. The number of ether oxygens (including phenoxy) is 1. The number of carbonyl (C=O) groups excluding carboxylic acids is 1. The number of hydrogen-bond donors (Lipinski definition) is 0. The fourth-order valence-electron chi connectivity index (χ4n) is 4.77. The summed E-state index contributed by atoms with van der Waals surface area (Å²) in [7, 11) is -3.69. The highest BCUT2D eigenvalue weighted by atomic mass is 35.5. The standard InChI is InChI=1S/C29H39ClN4O4S2/c1-20(2)18-33(19-21(3)4)40(36,37)25-8-6-23(7-9-25)28(35)34(11-10-32-12-14-38-15-13-32)29-31-27-22(5)16-24(30)17-26(27)39-29/h6-9,16-17,20-21H,10-15,18-19H2,1-5H3. The lowest BCUT2D eigenvalue weighted by Crippen LogP contribution is -2.43. The van der Waals surface area contributed by atoms with E-state index in [0.29, 0.717) is 55.1 Å². The lowest BCUT2D eigenvalue weighted by atomic mass is 10.2. The summed E-state index contributed by atoms with van der Waals surface area (Å²) in [5.41, 5.74) is 2.19. The lowest BCUT2D eigenvalue weighted by Gasteiger charge is -2.29. The molecule has 218 valence electrons. The largest absolute Gasteiger partial charge is 0.379 e. The average Bonchev–Trinajstić information content (AvgIpc) is 3.32. The van der Waals surface area contributed by atoms with Gasteiger partial charge in [-0.2, -0.15) is 4.31 Å². The molecule has 1 amide bonds. The van der Waals surface area contributed by atoms with Gasteiger partial charge in [0.05, 0.1) is 28.3 Å². The number of halogens is 1. The molecule has 3 aromatic rings. The maximum absolute atomic E-state index is 13.9. The maximum atomic E-state index is 13.9. The van der Waals surface area contributed by atoms with E-state index in [1.807, 2.05) is 46.8 Å². The van der Waals surface area contributed by atoms with Crippen LogP contribution in [-0.2, 0) is 14.8 Å². The molecule has 0 atom stereocenters. The lowest BCUT2D eigenvalue weighted by molar-refractivity contribution is 0.0391. The number of amides is 1. The van der Waals surface area contributed by atoms with Crippen molar-refractivity contribution in [3.05, 3.63) is 52.5 Å². The van der Waals surface area contributed by atoms with E-state index in [2.05, 4.69) is 4.90 Å². The molecule has 1 saturated heterocycles. The zero-order chi connectivity index (χ0) is 29.0. The number of carbonyl (C=O) groups is 1. The zero-order valence-electron chi connectivity index (χ0n) is 23.9. The second kappa shape index (κ2) is 13.3. The SMILES string of the molecule is Cc1cc(Cl)cc2sc(N(CCN3CCOCC3)C(=O)c3ccc(S(=O)(=O)N(CC(C)C)CC(C)C)cc3)nc12. The van der Waals surface area contributed by atoms with Crippen molar-refractivity contribution in [3.63, 3.8) is 0 Å². The predicted molar refractivity (Wildman–Crippen MR) is 163 cm³/mol. The van der Waals surface area contributed by atoms with Crippen molar-refractivity contribution in [2.45, 2.75) is 39.5 Å². The number of morpholine rings is 1. The average molecular weight is 607 g/mol. The van der Waals surface area contributed by atoms with Gasteiger partial charge in [-0.15, -0.1) is 0 Å². The van der Waals surface area contributed by atoms with E-state index in [0.717, 1.165) is 28.9 Å². The van der Waals surface area contributed by atoms with Gasteiger partial charge < -0.3 is 4.74 Å². The molecule has 2 aromatic carbocycles. The van der Waals surface area contributed by atoms with Gasteiger partial charge in [-0.25, -0.2) is 13.4 Å². The van der Waals surface area contributed by atoms with Crippen molar-refractivity contribution in [3.8, 4) is 0 Å². The fourth-order valence-corrected chi connectivity index (χ4v) is 7.98. The Morgan fingerprint density at radius 2 is 1.70 bits per heavy atom. The molecule has 1 fully saturated rings. The Balaban J connectivity index is 1.63. The van der Waals surface area contributed by atoms with Crippen molar-refractivity contribution in [2.24, 2.45) is 11.8 Å². The van der Waals surface area contributed by atoms with Crippen LogP contribution in [-0.4, -0.2) is 81.0 Å². The molecular weight excluding hydrogens is 568 g/mol. The summed E-state index contributed by atoms with van der Waals surface area (Å²) in [5.74, 6) is 0.171. The maximum Gasteiger partial charge on any atom is 0.260 e. The van der Waals surface area contributed by atoms with Crippen LogP contribution in [0.1, 0.15) is 43.6 Å². The molecule has 0 spiro atoms.